The second-order valence-corrected chi connectivity index (χ2v) is 4.63. The molecule has 1 atom stereocenters. The maximum Gasteiger partial charge on any atom is 0.251 e. The predicted octanol–water partition coefficient (Wildman–Crippen LogP) is 2.64. The fraction of sp³-hybridized carbons (Fsp3) is 0.200. The number of hydrogen-bond acceptors (Lipinski definition) is 2. The number of rotatable bonds is 2. The highest BCUT2D eigenvalue weighted by molar-refractivity contribution is 5.94. The molecule has 1 aromatic heterocycles. The van der Waals surface area contributed by atoms with E-state index in [2.05, 4.69) is 16.4 Å². The molecular weight excluding hydrogens is 243 g/mol. The Kier molecular flexibility index (Phi) is 2.99. The Morgan fingerprint density at radius 1 is 1.32 bits per heavy atom. The first-order chi connectivity index (χ1) is 9.24. The molecule has 2 aromatic rings. The van der Waals surface area contributed by atoms with Crippen molar-refractivity contribution in [2.24, 2.45) is 0 Å². The lowest BCUT2D eigenvalue weighted by Gasteiger charge is -2.14. The molecule has 1 N–H and O–H groups in total. The Bertz CT molecular complexity index is 627. The summed E-state index contributed by atoms with van der Waals surface area (Å²) in [6.07, 6.45) is 3.15. The molecule has 1 aliphatic rings. The van der Waals surface area contributed by atoms with Gasteiger partial charge in [-0.2, -0.15) is 4.39 Å². The van der Waals surface area contributed by atoms with E-state index in [1.165, 1.54) is 17.8 Å². The van der Waals surface area contributed by atoms with Crippen molar-refractivity contribution >= 4 is 5.91 Å². The monoisotopic (exact) mass is 256 g/mol. The highest BCUT2D eigenvalue weighted by Gasteiger charge is 2.23. The van der Waals surface area contributed by atoms with Crippen molar-refractivity contribution in [3.63, 3.8) is 0 Å². The second-order valence-electron chi connectivity index (χ2n) is 4.63. The lowest BCUT2D eigenvalue weighted by molar-refractivity contribution is 0.0936. The van der Waals surface area contributed by atoms with Crippen LogP contribution in [0.5, 0.6) is 0 Å². The lowest BCUT2D eigenvalue weighted by atomic mass is 10.1. The van der Waals surface area contributed by atoms with Gasteiger partial charge in [-0.25, -0.2) is 4.98 Å². The number of fused-ring (bicyclic) bond motifs is 1. The molecule has 0 spiro atoms. The fourth-order valence-corrected chi connectivity index (χ4v) is 2.49. The maximum atomic E-state index is 13.0. The molecule has 0 fully saturated rings. The van der Waals surface area contributed by atoms with Crippen molar-refractivity contribution < 1.29 is 9.18 Å². The molecule has 19 heavy (non-hydrogen) atoms. The molecule has 0 saturated heterocycles. The molecule has 0 bridgehead atoms. The van der Waals surface area contributed by atoms with E-state index >= 15 is 0 Å². The topological polar surface area (TPSA) is 42.0 Å². The van der Waals surface area contributed by atoms with Crippen LogP contribution in [0.25, 0.3) is 0 Å². The van der Waals surface area contributed by atoms with Gasteiger partial charge in [-0.3, -0.25) is 4.79 Å². The average molecular weight is 256 g/mol. The van der Waals surface area contributed by atoms with Gasteiger partial charge in [0.2, 0.25) is 5.95 Å². The number of nitrogens with one attached hydrogen (secondary N) is 1. The highest BCUT2D eigenvalue weighted by atomic mass is 19.1. The van der Waals surface area contributed by atoms with Crippen molar-refractivity contribution in [2.75, 3.05) is 0 Å². The minimum Gasteiger partial charge on any atom is -0.345 e. The van der Waals surface area contributed by atoms with Gasteiger partial charge in [0, 0.05) is 17.8 Å². The normalized spacial score (nSPS) is 17.0. The molecule has 1 amide bonds. The van der Waals surface area contributed by atoms with E-state index in [0.717, 1.165) is 24.5 Å². The molecule has 3 rings (SSSR count). The zero-order chi connectivity index (χ0) is 13.2. The number of benzene rings is 1. The number of aromatic nitrogens is 1. The first kappa shape index (κ1) is 11.8. The molecule has 1 aliphatic carbocycles. The number of halogens is 1. The van der Waals surface area contributed by atoms with Gasteiger partial charge in [-0.15, -0.1) is 0 Å². The zero-order valence-electron chi connectivity index (χ0n) is 10.3. The third kappa shape index (κ3) is 2.34. The number of carbonyl (C=O) groups is 1. The molecule has 1 aromatic carbocycles. The van der Waals surface area contributed by atoms with Crippen molar-refractivity contribution in [2.45, 2.75) is 18.9 Å². The van der Waals surface area contributed by atoms with E-state index in [1.54, 1.807) is 0 Å². The van der Waals surface area contributed by atoms with Crippen molar-refractivity contribution in [3.8, 4) is 0 Å². The van der Waals surface area contributed by atoms with E-state index in [0.29, 0.717) is 5.56 Å². The summed E-state index contributed by atoms with van der Waals surface area (Å²) < 4.78 is 13.0. The van der Waals surface area contributed by atoms with Crippen LogP contribution >= 0.6 is 0 Å². The zero-order valence-corrected chi connectivity index (χ0v) is 10.3. The Labute approximate surface area is 110 Å². The molecular formula is C15H13FN2O. The van der Waals surface area contributed by atoms with Gasteiger partial charge in [0.05, 0.1) is 6.04 Å². The number of amides is 1. The predicted molar refractivity (Wildman–Crippen MR) is 69.2 cm³/mol. The molecule has 0 unspecified atom stereocenters. The smallest absolute Gasteiger partial charge is 0.251 e. The van der Waals surface area contributed by atoms with E-state index in [4.69, 9.17) is 0 Å². The molecule has 0 radical (unpaired) electrons. The minimum absolute atomic E-state index is 0.0138. The van der Waals surface area contributed by atoms with Gasteiger partial charge < -0.3 is 5.32 Å². The standard InChI is InChI=1S/C15H13FN2O/c16-14-9-11(7-8-17-14)15(19)18-13-6-5-10-3-1-2-4-12(10)13/h1-4,7-9,13H,5-6H2,(H,18,19)/t13-/m1/s1. The maximum absolute atomic E-state index is 13.0. The summed E-state index contributed by atoms with van der Waals surface area (Å²) in [5, 5.41) is 2.95. The molecule has 1 heterocycles. The van der Waals surface area contributed by atoms with E-state index in [-0.39, 0.29) is 11.9 Å². The van der Waals surface area contributed by atoms with Crippen LogP contribution < -0.4 is 5.32 Å². The van der Waals surface area contributed by atoms with Crippen LogP contribution in [0.3, 0.4) is 0 Å². The average Bonchev–Trinajstić information content (AvgIpc) is 2.82. The van der Waals surface area contributed by atoms with Crippen LogP contribution in [0.4, 0.5) is 4.39 Å². The lowest BCUT2D eigenvalue weighted by Crippen LogP contribution is -2.27. The molecule has 0 aliphatic heterocycles. The summed E-state index contributed by atoms with van der Waals surface area (Å²) in [5.41, 5.74) is 2.73. The minimum atomic E-state index is -0.639. The third-order valence-corrected chi connectivity index (χ3v) is 3.43. The molecule has 96 valence electrons. The van der Waals surface area contributed by atoms with Gasteiger partial charge in [0.15, 0.2) is 0 Å². The van der Waals surface area contributed by atoms with E-state index in [1.807, 2.05) is 18.2 Å². The molecule has 0 saturated carbocycles. The van der Waals surface area contributed by atoms with Crippen LogP contribution in [0, 0.1) is 5.95 Å². The second kappa shape index (κ2) is 4.80. The van der Waals surface area contributed by atoms with Crippen LogP contribution in [0.1, 0.15) is 33.9 Å². The van der Waals surface area contributed by atoms with E-state index < -0.39 is 5.95 Å². The summed E-state index contributed by atoms with van der Waals surface area (Å²) in [6, 6.07) is 10.8. The largest absolute Gasteiger partial charge is 0.345 e. The van der Waals surface area contributed by atoms with Crippen LogP contribution in [-0.4, -0.2) is 10.9 Å². The van der Waals surface area contributed by atoms with Gasteiger partial charge in [0.1, 0.15) is 0 Å². The van der Waals surface area contributed by atoms with Crippen LogP contribution in [0.2, 0.25) is 0 Å². The number of carbonyl (C=O) groups excluding carboxylic acids is 1. The highest BCUT2D eigenvalue weighted by Crippen LogP contribution is 2.30. The van der Waals surface area contributed by atoms with Gasteiger partial charge in [-0.1, -0.05) is 24.3 Å². The van der Waals surface area contributed by atoms with Gasteiger partial charge in [-0.05, 0) is 30.0 Å². The summed E-state index contributed by atoms with van der Waals surface area (Å²) in [6.45, 7) is 0. The Balaban J connectivity index is 1.78. The molecule has 4 heteroatoms. The van der Waals surface area contributed by atoms with Crippen LogP contribution in [0.15, 0.2) is 42.6 Å². The number of aryl methyl sites for hydroxylation is 1. The quantitative estimate of drug-likeness (QED) is 0.839. The number of pyridine rings is 1. The third-order valence-electron chi connectivity index (χ3n) is 3.43. The first-order valence-electron chi connectivity index (χ1n) is 6.24. The summed E-state index contributed by atoms with van der Waals surface area (Å²) in [5.74, 6) is -0.900. The Morgan fingerprint density at radius 3 is 3.00 bits per heavy atom. The summed E-state index contributed by atoms with van der Waals surface area (Å²) in [4.78, 5) is 15.5. The van der Waals surface area contributed by atoms with E-state index in [9.17, 15) is 9.18 Å². The van der Waals surface area contributed by atoms with Crippen molar-refractivity contribution in [1.29, 1.82) is 0 Å². The van der Waals surface area contributed by atoms with Crippen LogP contribution in [-0.2, 0) is 6.42 Å². The Morgan fingerprint density at radius 2 is 2.16 bits per heavy atom. The van der Waals surface area contributed by atoms with Gasteiger partial charge >= 0.3 is 0 Å². The SMILES string of the molecule is O=C(N[C@@H]1CCc2ccccc21)c1ccnc(F)c1. The summed E-state index contributed by atoms with van der Waals surface area (Å²) in [7, 11) is 0. The van der Waals surface area contributed by atoms with Crippen molar-refractivity contribution in [1.82, 2.24) is 10.3 Å². The Hall–Kier alpha value is -2.23. The van der Waals surface area contributed by atoms with Gasteiger partial charge in [0.25, 0.3) is 5.91 Å². The molecule has 3 nitrogen and oxygen atoms in total. The first-order valence-corrected chi connectivity index (χ1v) is 6.24. The van der Waals surface area contributed by atoms with Crippen molar-refractivity contribution in [3.05, 3.63) is 65.2 Å². The number of nitrogens with zero attached hydrogens (tertiary/aromatic N) is 1. The number of hydrogen-bond donors (Lipinski definition) is 1. The summed E-state index contributed by atoms with van der Waals surface area (Å²) >= 11 is 0. The fourth-order valence-electron chi connectivity index (χ4n) is 2.49.